The van der Waals surface area contributed by atoms with Gasteiger partial charge in [-0.3, -0.25) is 4.79 Å². The molecule has 3 N–H and O–H groups in total. The largest absolute Gasteiger partial charge is 1.00 e. The minimum atomic E-state index is -0.685. The summed E-state index contributed by atoms with van der Waals surface area (Å²) in [5.41, 5.74) is 0.263. The smallest absolute Gasteiger partial charge is 0.314 e. The number of halogens is 1. The number of piperidine rings is 1. The quantitative estimate of drug-likeness (QED) is 0.641. The Hall–Kier alpha value is -0.870. The van der Waals surface area contributed by atoms with Gasteiger partial charge in [-0.25, -0.2) is 0 Å². The number of quaternary nitrogens is 1. The fraction of sp³-hybridized carbons (Fsp3) is 0.462. The van der Waals surface area contributed by atoms with Crippen LogP contribution in [0.1, 0.15) is 18.9 Å². The summed E-state index contributed by atoms with van der Waals surface area (Å²) in [6, 6.07) is 9.65. The van der Waals surface area contributed by atoms with Crippen molar-refractivity contribution < 1.29 is 32.2 Å². The highest BCUT2D eigenvalue weighted by Crippen LogP contribution is 2.36. The van der Waals surface area contributed by atoms with Crippen LogP contribution in [0, 0.1) is 5.92 Å². The summed E-state index contributed by atoms with van der Waals surface area (Å²) in [4.78, 5) is 11.7. The maximum atomic E-state index is 11.7. The van der Waals surface area contributed by atoms with Crippen molar-refractivity contribution in [2.75, 3.05) is 13.1 Å². The van der Waals surface area contributed by atoms with Crippen molar-refractivity contribution in [3.05, 3.63) is 35.9 Å². The first-order chi connectivity index (χ1) is 7.68. The Balaban J connectivity index is 0.00000144. The molecule has 0 radical (unpaired) electrons. The molecule has 2 rings (SSSR count). The van der Waals surface area contributed by atoms with Gasteiger partial charge in [0, 0.05) is 12.3 Å². The van der Waals surface area contributed by atoms with Crippen LogP contribution in [-0.4, -0.2) is 24.2 Å². The lowest BCUT2D eigenvalue weighted by Crippen LogP contribution is -3.00. The monoisotopic (exact) mass is 299 g/mol. The Morgan fingerprint density at radius 1 is 1.41 bits per heavy atom. The molecule has 0 aliphatic carbocycles. The van der Waals surface area contributed by atoms with Gasteiger partial charge in [0.2, 0.25) is 0 Å². The van der Waals surface area contributed by atoms with E-state index in [1.54, 1.807) is 0 Å². The molecule has 4 heteroatoms. The van der Waals surface area contributed by atoms with Crippen LogP contribution in [0.5, 0.6) is 0 Å². The van der Waals surface area contributed by atoms with Gasteiger partial charge in [-0.15, -0.1) is 0 Å². The highest BCUT2D eigenvalue weighted by Gasteiger charge is 2.48. The van der Waals surface area contributed by atoms with Crippen LogP contribution in [0.25, 0.3) is 0 Å². The van der Waals surface area contributed by atoms with Crippen LogP contribution < -0.4 is 22.3 Å². The van der Waals surface area contributed by atoms with Gasteiger partial charge in [0.25, 0.3) is 0 Å². The normalized spacial score (nSPS) is 28.2. The lowest BCUT2D eigenvalue weighted by Gasteiger charge is -2.37. The summed E-state index contributed by atoms with van der Waals surface area (Å²) in [6.07, 6.45) is 0.716. The summed E-state index contributed by atoms with van der Waals surface area (Å²) in [6.45, 7) is 3.82. The summed E-state index contributed by atoms with van der Waals surface area (Å²) < 4.78 is 0. The molecular weight excluding hydrogens is 282 g/mol. The van der Waals surface area contributed by atoms with Gasteiger partial charge in [-0.05, 0) is 5.56 Å². The number of benzene rings is 1. The van der Waals surface area contributed by atoms with Crippen LogP contribution in [0.4, 0.5) is 0 Å². The number of hydrogen-bond acceptors (Lipinski definition) is 1. The molecule has 0 amide bonds. The van der Waals surface area contributed by atoms with E-state index in [1.165, 1.54) is 0 Å². The summed E-state index contributed by atoms with van der Waals surface area (Å²) in [5, 5.41) is 11.8. The Morgan fingerprint density at radius 2 is 2.06 bits per heavy atom. The van der Waals surface area contributed by atoms with E-state index >= 15 is 0 Å². The molecule has 1 aromatic rings. The second kappa shape index (κ2) is 5.65. The highest BCUT2D eigenvalue weighted by molar-refractivity contribution is 5.82. The van der Waals surface area contributed by atoms with E-state index < -0.39 is 11.4 Å². The van der Waals surface area contributed by atoms with E-state index in [-0.39, 0.29) is 22.9 Å². The Kier molecular flexibility index (Phi) is 4.71. The zero-order valence-electron chi connectivity index (χ0n) is 9.90. The predicted molar refractivity (Wildman–Crippen MR) is 61.2 cm³/mol. The molecule has 0 aromatic heterocycles. The zero-order valence-corrected chi connectivity index (χ0v) is 11.5. The molecule has 0 bridgehead atoms. The summed E-state index contributed by atoms with van der Waals surface area (Å²) in [7, 11) is 0. The molecule has 17 heavy (non-hydrogen) atoms. The molecule has 1 heterocycles. The van der Waals surface area contributed by atoms with E-state index in [0.29, 0.717) is 6.42 Å². The van der Waals surface area contributed by atoms with E-state index in [0.717, 1.165) is 18.7 Å². The minimum absolute atomic E-state index is 0. The number of nitrogens with two attached hydrogens (primary N) is 1. The van der Waals surface area contributed by atoms with Gasteiger partial charge in [0.05, 0.1) is 13.1 Å². The maximum absolute atomic E-state index is 11.7. The van der Waals surface area contributed by atoms with Crippen molar-refractivity contribution in [1.29, 1.82) is 0 Å². The van der Waals surface area contributed by atoms with Crippen LogP contribution in [0.15, 0.2) is 30.3 Å². The molecule has 1 saturated heterocycles. The van der Waals surface area contributed by atoms with Crippen molar-refractivity contribution >= 4 is 5.97 Å². The van der Waals surface area contributed by atoms with E-state index in [4.69, 9.17) is 0 Å². The number of carbonyl (C=O) groups is 1. The zero-order chi connectivity index (χ0) is 11.6. The number of aliphatic carboxylic acids is 1. The number of hydrogen-bond donors (Lipinski definition) is 2. The van der Waals surface area contributed by atoms with Crippen LogP contribution in [-0.2, 0) is 10.2 Å². The lowest BCUT2D eigenvalue weighted by molar-refractivity contribution is -0.671. The topological polar surface area (TPSA) is 53.9 Å². The van der Waals surface area contributed by atoms with Crippen LogP contribution in [0.3, 0.4) is 0 Å². The fourth-order valence-corrected chi connectivity index (χ4v) is 2.75. The molecule has 0 spiro atoms. The van der Waals surface area contributed by atoms with Crippen molar-refractivity contribution in [2.24, 2.45) is 5.92 Å². The van der Waals surface area contributed by atoms with Crippen molar-refractivity contribution in [2.45, 2.75) is 18.8 Å². The predicted octanol–water partition coefficient (Wildman–Crippen LogP) is -2.38. The molecule has 1 fully saturated rings. The third kappa shape index (κ3) is 2.38. The van der Waals surface area contributed by atoms with Crippen molar-refractivity contribution in [3.63, 3.8) is 0 Å². The molecule has 0 unspecified atom stereocenters. The molecule has 1 aliphatic rings. The van der Waals surface area contributed by atoms with E-state index in [9.17, 15) is 9.90 Å². The Morgan fingerprint density at radius 3 is 2.59 bits per heavy atom. The molecule has 1 aliphatic heterocycles. The second-order valence-corrected chi connectivity index (χ2v) is 4.61. The Labute approximate surface area is 112 Å². The van der Waals surface area contributed by atoms with Crippen LogP contribution >= 0.6 is 0 Å². The van der Waals surface area contributed by atoms with Gasteiger partial charge < -0.3 is 27.4 Å². The minimum Gasteiger partial charge on any atom is -1.00 e. The van der Waals surface area contributed by atoms with Gasteiger partial charge >= 0.3 is 5.97 Å². The van der Waals surface area contributed by atoms with Crippen LogP contribution in [0.2, 0.25) is 0 Å². The summed E-state index contributed by atoms with van der Waals surface area (Å²) >= 11 is 0. The third-order valence-corrected chi connectivity index (χ3v) is 3.77. The van der Waals surface area contributed by atoms with E-state index in [2.05, 4.69) is 5.32 Å². The molecule has 94 valence electrons. The summed E-state index contributed by atoms with van der Waals surface area (Å²) in [5.74, 6) is -0.513. The van der Waals surface area contributed by atoms with Gasteiger partial charge in [0.1, 0.15) is 5.41 Å². The molecule has 2 atom stereocenters. The maximum Gasteiger partial charge on any atom is 0.314 e. The fourth-order valence-electron chi connectivity index (χ4n) is 2.75. The first-order valence-electron chi connectivity index (χ1n) is 5.78. The highest BCUT2D eigenvalue weighted by atomic mass is 79.9. The molecule has 3 nitrogen and oxygen atoms in total. The number of rotatable bonds is 2. The van der Waals surface area contributed by atoms with Gasteiger partial charge in [-0.2, -0.15) is 0 Å². The van der Waals surface area contributed by atoms with Crippen molar-refractivity contribution in [3.8, 4) is 0 Å². The first kappa shape index (κ1) is 14.2. The number of carboxylic acids is 1. The number of carboxylic acid groups (broad SMARTS) is 1. The van der Waals surface area contributed by atoms with Crippen molar-refractivity contribution in [1.82, 2.24) is 0 Å². The SMILES string of the molecule is C[C@@H]1C[NH2+]CC[C@@]1(C(=O)O)c1ccccc1.[Br-]. The molecule has 1 aromatic carbocycles. The third-order valence-electron chi connectivity index (χ3n) is 3.77. The second-order valence-electron chi connectivity index (χ2n) is 4.61. The lowest BCUT2D eigenvalue weighted by atomic mass is 9.67. The van der Waals surface area contributed by atoms with Gasteiger partial charge in [0.15, 0.2) is 0 Å². The van der Waals surface area contributed by atoms with E-state index in [1.807, 2.05) is 37.3 Å². The molecule has 0 saturated carbocycles. The average molecular weight is 300 g/mol. The standard InChI is InChI=1S/C13H17NO2.BrH/c1-10-9-14-8-7-13(10,12(15)16)11-5-3-2-4-6-11;/h2-6,10,14H,7-9H2,1H3,(H,15,16);1H/t10-,13+;/m1./s1. The first-order valence-corrected chi connectivity index (χ1v) is 5.78. The Bertz CT molecular complexity index is 382. The molecular formula is C13H18BrNO2. The van der Waals surface area contributed by atoms with Gasteiger partial charge in [-0.1, -0.05) is 37.3 Å². The average Bonchev–Trinajstić information content (AvgIpc) is 2.30.